The van der Waals surface area contributed by atoms with Gasteiger partial charge in [-0.1, -0.05) is 12.1 Å². The molecular formula is C17H13F8NO2. The number of hydrogen-bond acceptors (Lipinski definition) is 3. The van der Waals surface area contributed by atoms with Gasteiger partial charge in [0.2, 0.25) is 0 Å². The van der Waals surface area contributed by atoms with E-state index in [2.05, 4.69) is 0 Å². The molecular weight excluding hydrogens is 402 g/mol. The quantitative estimate of drug-likeness (QED) is 0.516. The van der Waals surface area contributed by atoms with E-state index in [4.69, 9.17) is 15.2 Å². The number of nitrogens with two attached hydrogens (primary N) is 1. The average Bonchev–Trinajstić information content (AvgIpc) is 2.62. The van der Waals surface area contributed by atoms with E-state index in [-0.39, 0.29) is 18.7 Å². The van der Waals surface area contributed by atoms with Crippen molar-refractivity contribution in [2.24, 2.45) is 0 Å². The molecule has 0 radical (unpaired) electrons. The van der Waals surface area contributed by atoms with Crippen LogP contribution in [-0.4, -0.2) is 19.2 Å². The number of benzene rings is 2. The minimum atomic E-state index is -6.56. The molecule has 2 rings (SSSR count). The Bertz CT molecular complexity index is 834. The van der Waals surface area contributed by atoms with Crippen LogP contribution in [0.2, 0.25) is 0 Å². The van der Waals surface area contributed by atoms with Crippen molar-refractivity contribution in [3.8, 4) is 11.5 Å². The highest BCUT2D eigenvalue weighted by Crippen LogP contribution is 2.52. The SMILES string of the molecule is COc1ccc(COc2cc(C(F)(F)C(F)(F)C(F)(F)F)cc(F)c2N)cc1. The summed E-state index contributed by atoms with van der Waals surface area (Å²) >= 11 is 0. The molecule has 0 saturated heterocycles. The maximum atomic E-state index is 13.8. The summed E-state index contributed by atoms with van der Waals surface area (Å²) in [5.41, 5.74) is 3.03. The van der Waals surface area contributed by atoms with Crippen LogP contribution in [0.25, 0.3) is 0 Å². The van der Waals surface area contributed by atoms with E-state index < -0.39 is 40.8 Å². The molecule has 0 unspecified atom stereocenters. The lowest BCUT2D eigenvalue weighted by atomic mass is 10.0. The van der Waals surface area contributed by atoms with Crippen molar-refractivity contribution >= 4 is 5.69 Å². The van der Waals surface area contributed by atoms with E-state index in [1.807, 2.05) is 0 Å². The Morgan fingerprint density at radius 3 is 2.00 bits per heavy atom. The Balaban J connectivity index is 2.35. The number of rotatable bonds is 6. The monoisotopic (exact) mass is 415 g/mol. The van der Waals surface area contributed by atoms with E-state index in [0.717, 1.165) is 0 Å². The molecule has 0 bridgehead atoms. The van der Waals surface area contributed by atoms with Crippen LogP contribution in [0.5, 0.6) is 11.5 Å². The first-order valence-electron chi connectivity index (χ1n) is 7.49. The van der Waals surface area contributed by atoms with E-state index in [1.165, 1.54) is 31.4 Å². The van der Waals surface area contributed by atoms with E-state index in [0.29, 0.717) is 11.3 Å². The van der Waals surface area contributed by atoms with Crippen LogP contribution >= 0.6 is 0 Å². The zero-order valence-electron chi connectivity index (χ0n) is 14.1. The number of anilines is 1. The Morgan fingerprint density at radius 2 is 1.50 bits per heavy atom. The zero-order chi connectivity index (χ0) is 21.3. The van der Waals surface area contributed by atoms with Crippen LogP contribution in [0, 0.1) is 5.82 Å². The lowest BCUT2D eigenvalue weighted by Crippen LogP contribution is -2.50. The van der Waals surface area contributed by atoms with Crippen molar-refractivity contribution in [1.82, 2.24) is 0 Å². The third-order valence-corrected chi connectivity index (χ3v) is 3.76. The van der Waals surface area contributed by atoms with Crippen LogP contribution in [0.15, 0.2) is 36.4 Å². The van der Waals surface area contributed by atoms with Gasteiger partial charge in [0.1, 0.15) is 29.6 Å². The van der Waals surface area contributed by atoms with Crippen molar-refractivity contribution in [2.75, 3.05) is 12.8 Å². The molecule has 0 aliphatic carbocycles. The smallest absolute Gasteiger partial charge is 0.460 e. The fourth-order valence-corrected chi connectivity index (χ4v) is 2.14. The normalized spacial score (nSPS) is 12.8. The Hall–Kier alpha value is -2.72. The van der Waals surface area contributed by atoms with Gasteiger partial charge in [-0.25, -0.2) is 4.39 Å². The Kier molecular flexibility index (Phi) is 5.67. The van der Waals surface area contributed by atoms with E-state index >= 15 is 0 Å². The van der Waals surface area contributed by atoms with Gasteiger partial charge >= 0.3 is 18.0 Å². The van der Waals surface area contributed by atoms with Gasteiger partial charge in [0, 0.05) is 5.56 Å². The lowest BCUT2D eigenvalue weighted by Gasteiger charge is -2.28. The van der Waals surface area contributed by atoms with Gasteiger partial charge in [-0.2, -0.15) is 30.7 Å². The summed E-state index contributed by atoms with van der Waals surface area (Å²) in [5, 5.41) is 0. The fraction of sp³-hybridized carbons (Fsp3) is 0.294. The number of halogens is 8. The van der Waals surface area contributed by atoms with Gasteiger partial charge in [-0.05, 0) is 29.8 Å². The first kappa shape index (κ1) is 21.6. The highest BCUT2D eigenvalue weighted by molar-refractivity contribution is 5.56. The second kappa shape index (κ2) is 7.36. The molecule has 0 fully saturated rings. The minimum absolute atomic E-state index is 0.154. The van der Waals surface area contributed by atoms with Gasteiger partial charge in [0.05, 0.1) is 7.11 Å². The van der Waals surface area contributed by atoms with Crippen molar-refractivity contribution in [2.45, 2.75) is 24.6 Å². The highest BCUT2D eigenvalue weighted by Gasteiger charge is 2.73. The topological polar surface area (TPSA) is 44.5 Å². The molecule has 154 valence electrons. The summed E-state index contributed by atoms with van der Waals surface area (Å²) in [6.07, 6.45) is -6.56. The summed E-state index contributed by atoms with van der Waals surface area (Å²) in [6, 6.07) is 6.02. The molecule has 0 amide bonds. The molecule has 28 heavy (non-hydrogen) atoms. The summed E-state index contributed by atoms with van der Waals surface area (Å²) in [6.45, 7) is -0.349. The largest absolute Gasteiger partial charge is 0.497 e. The van der Waals surface area contributed by atoms with Crippen molar-refractivity contribution < 1.29 is 44.6 Å². The number of alkyl halides is 7. The molecule has 2 aromatic carbocycles. The van der Waals surface area contributed by atoms with Crippen LogP contribution < -0.4 is 15.2 Å². The van der Waals surface area contributed by atoms with Crippen LogP contribution in [0.1, 0.15) is 11.1 Å². The van der Waals surface area contributed by atoms with Gasteiger partial charge < -0.3 is 15.2 Å². The molecule has 0 heterocycles. The average molecular weight is 415 g/mol. The summed E-state index contributed by atoms with van der Waals surface area (Å²) in [5.74, 6) is -14.1. The predicted octanol–water partition coefficient (Wildman–Crippen LogP) is 5.28. The summed E-state index contributed by atoms with van der Waals surface area (Å²) in [7, 11) is 1.41. The third kappa shape index (κ3) is 3.92. The highest BCUT2D eigenvalue weighted by atomic mass is 19.4. The maximum absolute atomic E-state index is 13.8. The number of hydrogen-bond donors (Lipinski definition) is 1. The number of ether oxygens (including phenoxy) is 2. The van der Waals surface area contributed by atoms with Crippen molar-refractivity contribution in [3.05, 3.63) is 53.3 Å². The minimum Gasteiger partial charge on any atom is -0.497 e. The molecule has 0 spiro atoms. The number of nitrogen functional groups attached to an aromatic ring is 1. The second-order valence-electron chi connectivity index (χ2n) is 5.65. The lowest BCUT2D eigenvalue weighted by molar-refractivity contribution is -0.359. The molecule has 0 aliphatic heterocycles. The van der Waals surface area contributed by atoms with Crippen LogP contribution in [-0.2, 0) is 12.5 Å². The van der Waals surface area contributed by atoms with Gasteiger partial charge in [0.15, 0.2) is 0 Å². The van der Waals surface area contributed by atoms with Crippen molar-refractivity contribution in [1.29, 1.82) is 0 Å². The van der Waals surface area contributed by atoms with E-state index in [1.54, 1.807) is 0 Å². The molecule has 0 atom stereocenters. The zero-order valence-corrected chi connectivity index (χ0v) is 14.1. The maximum Gasteiger partial charge on any atom is 0.460 e. The fourth-order valence-electron chi connectivity index (χ4n) is 2.14. The standard InChI is InChI=1S/C17H13F8NO2/c1-27-11-4-2-9(3-5-11)8-28-13-7-10(6-12(18)14(13)26)15(19,20)16(21,22)17(23,24)25/h2-7H,8,26H2,1H3. The predicted molar refractivity (Wildman–Crippen MR) is 83.0 cm³/mol. The van der Waals surface area contributed by atoms with E-state index in [9.17, 15) is 35.1 Å². The number of methoxy groups -OCH3 is 1. The van der Waals surface area contributed by atoms with Gasteiger partial charge in [-0.15, -0.1) is 0 Å². The molecule has 0 aromatic heterocycles. The van der Waals surface area contributed by atoms with Gasteiger partial charge in [0.25, 0.3) is 0 Å². The van der Waals surface area contributed by atoms with Crippen molar-refractivity contribution in [3.63, 3.8) is 0 Å². The summed E-state index contributed by atoms with van der Waals surface area (Å²) < 4.78 is 115. The Morgan fingerprint density at radius 1 is 0.929 bits per heavy atom. The molecule has 2 aromatic rings. The molecule has 0 aliphatic rings. The molecule has 3 nitrogen and oxygen atoms in total. The summed E-state index contributed by atoms with van der Waals surface area (Å²) in [4.78, 5) is 0. The van der Waals surface area contributed by atoms with Gasteiger partial charge in [-0.3, -0.25) is 0 Å². The molecule has 0 saturated carbocycles. The Labute approximate surface area is 153 Å². The first-order valence-corrected chi connectivity index (χ1v) is 7.49. The first-order chi connectivity index (χ1) is 12.8. The third-order valence-electron chi connectivity index (χ3n) is 3.76. The molecule has 2 N–H and O–H groups in total. The van der Waals surface area contributed by atoms with Crippen LogP contribution in [0.4, 0.5) is 40.8 Å². The van der Waals surface area contributed by atoms with Crippen LogP contribution in [0.3, 0.4) is 0 Å². The second-order valence-corrected chi connectivity index (χ2v) is 5.65. The molecule has 11 heteroatoms.